The molecule has 13 heteroatoms. The normalized spacial score (nSPS) is 39.8. The van der Waals surface area contributed by atoms with Crippen LogP contribution in [-0.2, 0) is 47.4 Å². The molecule has 2 bridgehead atoms. The molecule has 2 N–H and O–H groups in total. The van der Waals surface area contributed by atoms with Crippen LogP contribution in [0.3, 0.4) is 0 Å². The summed E-state index contributed by atoms with van der Waals surface area (Å²) in [5.74, 6) is -1.84. The fraction of sp³-hybridized carbons (Fsp3) is 0.939. The molecule has 0 radical (unpaired) electrons. The average molecular weight is 884 g/mol. The first-order chi connectivity index (χ1) is 29.2. The molecular formula is C49H89NO12. The van der Waals surface area contributed by atoms with Gasteiger partial charge >= 0.3 is 5.97 Å². The second-order valence-electron chi connectivity index (χ2n) is 20.2. The maximum Gasteiger partial charge on any atom is 0.311 e. The summed E-state index contributed by atoms with van der Waals surface area (Å²) in [5, 5.41) is 24.4. The molecular weight excluding hydrogens is 795 g/mol. The third-order valence-electron chi connectivity index (χ3n) is 14.5. The van der Waals surface area contributed by atoms with Gasteiger partial charge in [0.1, 0.15) is 41.4 Å². The highest BCUT2D eigenvalue weighted by Crippen LogP contribution is 2.48. The van der Waals surface area contributed by atoms with E-state index in [4.69, 9.17) is 42.6 Å². The van der Waals surface area contributed by atoms with Crippen molar-refractivity contribution < 1.29 is 57.6 Å². The van der Waals surface area contributed by atoms with Crippen LogP contribution >= 0.6 is 0 Å². The number of cyclic esters (lactones) is 1. The van der Waals surface area contributed by atoms with Gasteiger partial charge in [0.15, 0.2) is 12.6 Å². The maximum atomic E-state index is 14.9. The summed E-state index contributed by atoms with van der Waals surface area (Å²) in [6.07, 6.45) is 3.64. The van der Waals surface area contributed by atoms with Crippen molar-refractivity contribution in [1.82, 2.24) is 4.90 Å². The SMILES string of the molecule is CCCCCCO[C@H](CC)[C@@](C)(O)[C@@H]1OC(=O)[C@H](C)[C@@H](OC2C[C@@](C)(OC)[C@@H](OCCCCCC)[C@H](C)O2)[C@H](C)[C@@H](OC2O[C@H](C)C[C@H](N(C)C)[C@H]2O)[C@@]2(C)CC(C)=C(O2)[C@@H]1C. The number of ether oxygens (including phenoxy) is 9. The zero-order valence-electron chi connectivity index (χ0n) is 41.4. The lowest BCUT2D eigenvalue weighted by molar-refractivity contribution is -0.319. The van der Waals surface area contributed by atoms with Gasteiger partial charge in [-0.3, -0.25) is 4.79 Å². The number of aliphatic hydroxyl groups excluding tert-OH is 1. The van der Waals surface area contributed by atoms with Gasteiger partial charge in [-0.05, 0) is 93.8 Å². The minimum Gasteiger partial charge on any atom is -0.488 e. The number of nitrogens with zero attached hydrogens (tertiary/aromatic N) is 1. The van der Waals surface area contributed by atoms with E-state index < -0.39 is 83.6 Å². The van der Waals surface area contributed by atoms with Gasteiger partial charge in [0.2, 0.25) is 0 Å². The number of hydrogen-bond donors (Lipinski definition) is 2. The summed E-state index contributed by atoms with van der Waals surface area (Å²) in [5.41, 5.74) is -2.36. The summed E-state index contributed by atoms with van der Waals surface area (Å²) in [4.78, 5) is 16.9. The zero-order valence-corrected chi connectivity index (χ0v) is 41.4. The van der Waals surface area contributed by atoms with Crippen molar-refractivity contribution in [2.75, 3.05) is 34.4 Å². The molecule has 17 atom stereocenters. The van der Waals surface area contributed by atoms with E-state index in [1.165, 1.54) is 0 Å². The van der Waals surface area contributed by atoms with Crippen molar-refractivity contribution in [1.29, 1.82) is 0 Å². The molecule has 3 fully saturated rings. The van der Waals surface area contributed by atoms with Gasteiger partial charge in [0.05, 0.1) is 41.9 Å². The molecule has 4 aliphatic heterocycles. The Morgan fingerprint density at radius 1 is 0.903 bits per heavy atom. The maximum absolute atomic E-state index is 14.9. The Balaban J connectivity index is 1.76. The first-order valence-corrected chi connectivity index (χ1v) is 24.3. The Morgan fingerprint density at radius 2 is 1.55 bits per heavy atom. The average Bonchev–Trinajstić information content (AvgIpc) is 3.53. The zero-order chi connectivity index (χ0) is 46.2. The van der Waals surface area contributed by atoms with E-state index in [0.717, 1.165) is 56.9 Å². The molecule has 2 unspecified atom stereocenters. The highest BCUT2D eigenvalue weighted by Gasteiger charge is 2.57. The van der Waals surface area contributed by atoms with Crippen LogP contribution in [-0.4, -0.2) is 140 Å². The lowest BCUT2D eigenvalue weighted by Gasteiger charge is -2.49. The largest absolute Gasteiger partial charge is 0.488 e. The number of rotatable bonds is 21. The van der Waals surface area contributed by atoms with Crippen LogP contribution in [0.2, 0.25) is 0 Å². The number of carbonyl (C=O) groups is 1. The number of carbonyl (C=O) groups excluding carboxylic acids is 1. The first kappa shape index (κ1) is 53.2. The molecule has 0 aromatic carbocycles. The van der Waals surface area contributed by atoms with E-state index in [9.17, 15) is 15.0 Å². The number of esters is 1. The van der Waals surface area contributed by atoms with Crippen LogP contribution < -0.4 is 0 Å². The molecule has 4 rings (SSSR count). The summed E-state index contributed by atoms with van der Waals surface area (Å²) in [6, 6.07) is -0.204. The van der Waals surface area contributed by atoms with Crippen molar-refractivity contribution in [2.45, 2.75) is 244 Å². The number of fused-ring (bicyclic) bond motifs is 2. The Labute approximate surface area is 375 Å². The standard InChI is InChI=1S/C49H89NO12/c1-16-19-21-23-25-55-37(18-3)49(12,53)43-32(6)40-30(4)28-48(11,62-40)42(61-46-39(51)36(50(13)14)27-31(5)57-46)33(7)41(34(8)45(52)60-43)59-38-29-47(10,54-15)44(35(9)58-38)56-26-24-22-20-17-2/h31-39,41-44,46,51,53H,16-29H2,1-15H3/t31-,32+,33+,34-,35+,36+,37-,38?,39-,41+,42-,43-,44+,46?,47-,48-,49-/m1/s1. The third-order valence-corrected chi connectivity index (χ3v) is 14.5. The predicted octanol–water partition coefficient (Wildman–Crippen LogP) is 8.10. The fourth-order valence-corrected chi connectivity index (χ4v) is 10.8. The predicted molar refractivity (Wildman–Crippen MR) is 239 cm³/mol. The third kappa shape index (κ3) is 12.5. The Hall–Kier alpha value is -1.39. The van der Waals surface area contributed by atoms with Gasteiger partial charge in [-0.2, -0.15) is 0 Å². The summed E-state index contributed by atoms with van der Waals surface area (Å²) >= 11 is 0. The number of methoxy groups -OCH3 is 1. The number of aliphatic hydroxyl groups is 2. The molecule has 3 saturated heterocycles. The van der Waals surface area contributed by atoms with Crippen LogP contribution in [0.15, 0.2) is 11.3 Å². The quantitative estimate of drug-likeness (QED) is 0.0848. The highest BCUT2D eigenvalue weighted by atomic mass is 16.7. The van der Waals surface area contributed by atoms with Crippen LogP contribution in [0.5, 0.6) is 0 Å². The van der Waals surface area contributed by atoms with Gasteiger partial charge in [-0.25, -0.2) is 0 Å². The second-order valence-corrected chi connectivity index (χ2v) is 20.2. The van der Waals surface area contributed by atoms with Crippen molar-refractivity contribution in [3.8, 4) is 0 Å². The smallest absolute Gasteiger partial charge is 0.311 e. The van der Waals surface area contributed by atoms with Crippen LogP contribution in [0.1, 0.15) is 160 Å². The molecule has 62 heavy (non-hydrogen) atoms. The highest BCUT2D eigenvalue weighted by molar-refractivity contribution is 5.73. The molecule has 0 amide bonds. The van der Waals surface area contributed by atoms with E-state index in [2.05, 4.69) is 13.8 Å². The van der Waals surface area contributed by atoms with Gasteiger partial charge in [-0.15, -0.1) is 0 Å². The van der Waals surface area contributed by atoms with Gasteiger partial charge < -0.3 is 57.7 Å². The lowest BCUT2D eigenvalue weighted by atomic mass is 9.78. The molecule has 4 aliphatic rings. The topological polar surface area (TPSA) is 144 Å². The number of likely N-dealkylation sites (N-methyl/N-ethyl adjacent to an activating group) is 1. The van der Waals surface area contributed by atoms with E-state index in [0.29, 0.717) is 44.7 Å². The molecule has 4 heterocycles. The Bertz CT molecular complexity index is 1410. The molecule has 0 aliphatic carbocycles. The molecule has 0 spiro atoms. The van der Waals surface area contributed by atoms with Gasteiger partial charge in [0.25, 0.3) is 0 Å². The molecule has 0 aromatic rings. The summed E-state index contributed by atoms with van der Waals surface area (Å²) in [6.45, 7) is 25.0. The van der Waals surface area contributed by atoms with E-state index in [1.807, 2.05) is 81.3 Å². The summed E-state index contributed by atoms with van der Waals surface area (Å²) < 4.78 is 59.9. The minimum absolute atomic E-state index is 0.184. The Morgan fingerprint density at radius 3 is 2.15 bits per heavy atom. The monoisotopic (exact) mass is 884 g/mol. The molecule has 362 valence electrons. The van der Waals surface area contributed by atoms with Gasteiger partial charge in [-0.1, -0.05) is 73.1 Å². The lowest BCUT2D eigenvalue weighted by Crippen LogP contribution is -2.60. The second kappa shape index (κ2) is 23.4. The number of unbranched alkanes of at least 4 members (excludes halogenated alkanes) is 6. The van der Waals surface area contributed by atoms with E-state index in [-0.39, 0.29) is 24.4 Å². The number of hydrogen-bond acceptors (Lipinski definition) is 13. The van der Waals surface area contributed by atoms with Crippen LogP contribution in [0, 0.1) is 17.8 Å². The summed E-state index contributed by atoms with van der Waals surface area (Å²) in [7, 11) is 5.59. The van der Waals surface area contributed by atoms with E-state index >= 15 is 0 Å². The van der Waals surface area contributed by atoms with Crippen molar-refractivity contribution in [3.63, 3.8) is 0 Å². The van der Waals surface area contributed by atoms with Crippen LogP contribution in [0.4, 0.5) is 0 Å². The minimum atomic E-state index is -1.58. The van der Waals surface area contributed by atoms with Crippen molar-refractivity contribution in [2.24, 2.45) is 17.8 Å². The van der Waals surface area contributed by atoms with Crippen molar-refractivity contribution in [3.05, 3.63) is 11.3 Å². The molecule has 13 nitrogen and oxygen atoms in total. The van der Waals surface area contributed by atoms with Crippen molar-refractivity contribution >= 4 is 5.97 Å². The molecule has 0 saturated carbocycles. The van der Waals surface area contributed by atoms with Gasteiger partial charge in [0, 0.05) is 45.1 Å². The van der Waals surface area contributed by atoms with E-state index in [1.54, 1.807) is 14.0 Å². The Kier molecular flexibility index (Phi) is 20.1. The fourth-order valence-electron chi connectivity index (χ4n) is 10.8. The molecule has 0 aromatic heterocycles. The first-order valence-electron chi connectivity index (χ1n) is 24.3. The van der Waals surface area contributed by atoms with Crippen LogP contribution in [0.25, 0.3) is 0 Å².